The maximum Gasteiger partial charge on any atom is 0.153 e. The summed E-state index contributed by atoms with van der Waals surface area (Å²) in [6.07, 6.45) is 11.6. The molecule has 2 aromatic carbocycles. The first kappa shape index (κ1) is 34.7. The lowest BCUT2D eigenvalue weighted by Gasteiger charge is -2.25. The average Bonchev–Trinajstić information content (AvgIpc) is 3.65. The molecule has 0 amide bonds. The number of rotatable bonds is 8. The van der Waals surface area contributed by atoms with Crippen LogP contribution in [0.2, 0.25) is 5.02 Å². The molecule has 6 heteroatoms. The van der Waals surface area contributed by atoms with Gasteiger partial charge in [-0.3, -0.25) is 4.90 Å². The number of hydrogen-bond donors (Lipinski definition) is 1. The maximum absolute atomic E-state index is 6.28. The van der Waals surface area contributed by atoms with Crippen molar-refractivity contribution >= 4 is 33.2 Å². The highest BCUT2D eigenvalue weighted by atomic mass is 79.9. The van der Waals surface area contributed by atoms with Crippen LogP contribution in [-0.2, 0) is 6.54 Å². The molecule has 0 spiro atoms. The van der Waals surface area contributed by atoms with Gasteiger partial charge in [0.05, 0.1) is 5.70 Å². The van der Waals surface area contributed by atoms with E-state index in [0.29, 0.717) is 0 Å². The van der Waals surface area contributed by atoms with Crippen molar-refractivity contribution in [2.75, 3.05) is 39.3 Å². The van der Waals surface area contributed by atoms with Crippen LogP contribution in [0.15, 0.2) is 100.0 Å². The van der Waals surface area contributed by atoms with E-state index in [9.17, 15) is 0 Å². The first-order chi connectivity index (χ1) is 20.9. The summed E-state index contributed by atoms with van der Waals surface area (Å²) in [5, 5.41) is 4.07. The third-order valence-electron chi connectivity index (χ3n) is 7.38. The van der Waals surface area contributed by atoms with Crippen molar-refractivity contribution < 1.29 is 4.42 Å². The fourth-order valence-corrected chi connectivity index (χ4v) is 5.44. The molecule has 1 saturated heterocycles. The molecule has 0 aliphatic carbocycles. The molecule has 0 bridgehead atoms. The molecule has 3 heterocycles. The third-order valence-corrected chi connectivity index (χ3v) is 8.77. The van der Waals surface area contributed by atoms with Crippen molar-refractivity contribution in [3.05, 3.63) is 123 Å². The molecular formula is C37H47BrClN3O. The van der Waals surface area contributed by atoms with Crippen LogP contribution in [-0.4, -0.2) is 49.1 Å². The number of nitrogens with zero attached hydrogens (tertiary/aromatic N) is 2. The summed E-state index contributed by atoms with van der Waals surface area (Å²) in [6.45, 7) is 21.5. The van der Waals surface area contributed by atoms with Gasteiger partial charge in [0.2, 0.25) is 0 Å². The molecule has 0 radical (unpaired) electrons. The van der Waals surface area contributed by atoms with E-state index in [2.05, 4.69) is 107 Å². The molecule has 3 aromatic rings. The number of furan rings is 1. The SMILES string of the molecule is C=C/C(C)=C\C=C/CN1CCNCC1.CC.Cc1cc(-c2ccc(Cl)cc2)oc1C1=CCCN1Cc1cccc(C)c1Br. The van der Waals surface area contributed by atoms with Crippen LogP contribution in [0.4, 0.5) is 0 Å². The Morgan fingerprint density at radius 3 is 2.47 bits per heavy atom. The van der Waals surface area contributed by atoms with E-state index in [-0.39, 0.29) is 0 Å². The minimum Gasteiger partial charge on any atom is -0.454 e. The molecule has 4 nitrogen and oxygen atoms in total. The molecule has 0 atom stereocenters. The lowest BCUT2D eigenvalue weighted by atomic mass is 10.1. The smallest absolute Gasteiger partial charge is 0.153 e. The highest BCUT2D eigenvalue weighted by molar-refractivity contribution is 9.10. The standard InChI is InChI=1S/C23H21BrClNO.C12H20N2.C2H6/c1-15-5-3-6-18(22(15)24)14-26-12-4-7-20(26)23-16(2)13-21(27-23)17-8-10-19(25)11-9-17;1-3-12(2)6-4-5-9-14-10-7-13-8-11-14;1-2/h3,5-11,13H,4,12,14H2,1-2H3;3-6,13H,1,7-11H2,2H3;1-2H3/b;5-4-,12-6-;. The van der Waals surface area contributed by atoms with E-state index < -0.39 is 0 Å². The van der Waals surface area contributed by atoms with Crippen LogP contribution in [0.25, 0.3) is 17.0 Å². The van der Waals surface area contributed by atoms with Crippen molar-refractivity contribution in [3.8, 4) is 11.3 Å². The van der Waals surface area contributed by atoms with E-state index >= 15 is 0 Å². The van der Waals surface area contributed by atoms with Crippen LogP contribution in [0, 0.1) is 13.8 Å². The van der Waals surface area contributed by atoms with Gasteiger partial charge >= 0.3 is 0 Å². The number of hydrogen-bond acceptors (Lipinski definition) is 4. The van der Waals surface area contributed by atoms with E-state index in [1.165, 1.54) is 26.9 Å². The van der Waals surface area contributed by atoms with Crippen molar-refractivity contribution in [3.63, 3.8) is 0 Å². The summed E-state index contributed by atoms with van der Waals surface area (Å²) in [6, 6.07) is 16.3. The third kappa shape index (κ3) is 10.4. The molecule has 230 valence electrons. The molecule has 0 saturated carbocycles. The summed E-state index contributed by atoms with van der Waals surface area (Å²) in [5.74, 6) is 1.84. The van der Waals surface area contributed by atoms with Crippen LogP contribution >= 0.6 is 27.5 Å². The normalized spacial score (nSPS) is 15.5. The second-order valence-electron chi connectivity index (χ2n) is 10.6. The maximum atomic E-state index is 6.28. The Hall–Kier alpha value is -2.83. The summed E-state index contributed by atoms with van der Waals surface area (Å²) < 4.78 is 7.47. The second-order valence-corrected chi connectivity index (χ2v) is 11.8. The first-order valence-electron chi connectivity index (χ1n) is 15.3. The Morgan fingerprint density at radius 2 is 1.77 bits per heavy atom. The van der Waals surface area contributed by atoms with Gasteiger partial charge in [0, 0.05) is 60.9 Å². The first-order valence-corrected chi connectivity index (χ1v) is 16.5. The van der Waals surface area contributed by atoms with E-state index in [0.717, 1.165) is 79.9 Å². The van der Waals surface area contributed by atoms with Crippen LogP contribution in [0.1, 0.15) is 49.6 Å². The Labute approximate surface area is 272 Å². The van der Waals surface area contributed by atoms with Crippen LogP contribution in [0.5, 0.6) is 0 Å². The molecule has 2 aliphatic rings. The number of halogens is 2. The van der Waals surface area contributed by atoms with Crippen LogP contribution in [0.3, 0.4) is 0 Å². The predicted octanol–water partition coefficient (Wildman–Crippen LogP) is 9.83. The monoisotopic (exact) mass is 663 g/mol. The Kier molecular flexibility index (Phi) is 14.6. The van der Waals surface area contributed by atoms with Crippen molar-refractivity contribution in [2.45, 2.75) is 47.6 Å². The van der Waals surface area contributed by atoms with Crippen LogP contribution < -0.4 is 5.32 Å². The zero-order chi connectivity index (χ0) is 31.2. The fraction of sp³-hybridized carbons (Fsp3) is 0.351. The Morgan fingerprint density at radius 1 is 1.05 bits per heavy atom. The summed E-state index contributed by atoms with van der Waals surface area (Å²) in [5.41, 5.74) is 7.14. The van der Waals surface area contributed by atoms with Gasteiger partial charge in [-0.05, 0) is 74.2 Å². The van der Waals surface area contributed by atoms with Crippen molar-refractivity contribution in [1.82, 2.24) is 15.1 Å². The van der Waals surface area contributed by atoms with E-state index in [1.54, 1.807) is 0 Å². The van der Waals surface area contributed by atoms with Gasteiger partial charge in [-0.1, -0.05) is 102 Å². The molecule has 0 unspecified atom stereocenters. The number of nitrogens with one attached hydrogen (secondary N) is 1. The number of piperazine rings is 1. The van der Waals surface area contributed by atoms with Gasteiger partial charge in [-0.25, -0.2) is 0 Å². The Balaban J connectivity index is 0.000000268. The zero-order valence-corrected chi connectivity index (χ0v) is 28.8. The quantitative estimate of drug-likeness (QED) is 0.243. The second kappa shape index (κ2) is 18.1. The van der Waals surface area contributed by atoms with Gasteiger partial charge in [0.1, 0.15) is 5.76 Å². The average molecular weight is 665 g/mol. The number of aryl methyl sites for hydroxylation is 2. The summed E-state index contributed by atoms with van der Waals surface area (Å²) in [7, 11) is 0. The fourth-order valence-electron chi connectivity index (χ4n) is 4.93. The number of allylic oxidation sites excluding steroid dienone is 4. The predicted molar refractivity (Wildman–Crippen MR) is 190 cm³/mol. The lowest BCUT2D eigenvalue weighted by molar-refractivity contribution is 0.265. The molecular weight excluding hydrogens is 618 g/mol. The molecule has 1 N–H and O–H groups in total. The molecule has 43 heavy (non-hydrogen) atoms. The largest absolute Gasteiger partial charge is 0.454 e. The highest BCUT2D eigenvalue weighted by Crippen LogP contribution is 2.35. The van der Waals surface area contributed by atoms with Crippen molar-refractivity contribution in [2.24, 2.45) is 0 Å². The molecule has 1 fully saturated rings. The zero-order valence-electron chi connectivity index (χ0n) is 26.4. The molecule has 5 rings (SSSR count). The summed E-state index contributed by atoms with van der Waals surface area (Å²) in [4.78, 5) is 4.85. The summed E-state index contributed by atoms with van der Waals surface area (Å²) >= 11 is 9.75. The Bertz CT molecular complexity index is 1400. The van der Waals surface area contributed by atoms with Gasteiger partial charge in [-0.2, -0.15) is 0 Å². The lowest BCUT2D eigenvalue weighted by Crippen LogP contribution is -2.43. The number of benzene rings is 2. The van der Waals surface area contributed by atoms with E-state index in [4.69, 9.17) is 16.0 Å². The van der Waals surface area contributed by atoms with Gasteiger partial charge in [0.25, 0.3) is 0 Å². The minimum atomic E-state index is 0.732. The van der Waals surface area contributed by atoms with Gasteiger partial charge in [-0.15, -0.1) is 0 Å². The highest BCUT2D eigenvalue weighted by Gasteiger charge is 2.23. The topological polar surface area (TPSA) is 31.6 Å². The molecule has 1 aromatic heterocycles. The van der Waals surface area contributed by atoms with Gasteiger partial charge in [0.15, 0.2) is 5.76 Å². The minimum absolute atomic E-state index is 0.732. The molecule has 2 aliphatic heterocycles. The van der Waals surface area contributed by atoms with Crippen molar-refractivity contribution in [1.29, 1.82) is 0 Å². The van der Waals surface area contributed by atoms with Gasteiger partial charge < -0.3 is 14.6 Å². The van der Waals surface area contributed by atoms with E-state index in [1.807, 2.05) is 44.2 Å².